The van der Waals surface area contributed by atoms with Crippen molar-refractivity contribution in [2.45, 2.75) is 71.5 Å². The first-order chi connectivity index (χ1) is 28.9. The van der Waals surface area contributed by atoms with Crippen molar-refractivity contribution in [1.29, 1.82) is 0 Å². The molecule has 2 unspecified atom stereocenters. The van der Waals surface area contributed by atoms with Crippen molar-refractivity contribution < 1.29 is 38.0 Å². The Hall–Kier alpha value is -6.28. The van der Waals surface area contributed by atoms with Crippen molar-refractivity contribution in [1.82, 2.24) is 0 Å². The Morgan fingerprint density at radius 3 is 1.36 bits per heavy atom. The van der Waals surface area contributed by atoms with Crippen molar-refractivity contribution >= 4 is 55.0 Å². The third kappa shape index (κ3) is 10.2. The summed E-state index contributed by atoms with van der Waals surface area (Å²) in [6, 6.07) is 42.0. The highest BCUT2D eigenvalue weighted by atomic mass is 16.6. The fourth-order valence-corrected chi connectivity index (χ4v) is 7.25. The number of carbonyl (C=O) groups excluding carboxylic acids is 2. The van der Waals surface area contributed by atoms with Crippen molar-refractivity contribution in [3.63, 3.8) is 0 Å². The van der Waals surface area contributed by atoms with Gasteiger partial charge in [0.05, 0.1) is 0 Å². The zero-order valence-electron chi connectivity index (χ0n) is 34.1. The molecule has 2 atom stereocenters. The Balaban J connectivity index is 1.16. The molecular formula is C51H52O8. The van der Waals surface area contributed by atoms with Crippen LogP contribution >= 0.6 is 0 Å². The average molecular weight is 793 g/mol. The number of ether oxygens (including phenoxy) is 6. The van der Waals surface area contributed by atoms with Gasteiger partial charge in [0.15, 0.2) is 12.2 Å². The largest absolute Gasteiger partial charge is 0.489 e. The fourth-order valence-electron chi connectivity index (χ4n) is 7.25. The molecule has 0 aliphatic rings. The molecule has 0 N–H and O–H groups in total. The second kappa shape index (κ2) is 19.9. The molecule has 0 bridgehead atoms. The minimum Gasteiger partial charge on any atom is -0.489 e. The lowest BCUT2D eigenvalue weighted by molar-refractivity contribution is -0.153. The van der Waals surface area contributed by atoms with E-state index in [0.29, 0.717) is 35.8 Å². The average Bonchev–Trinajstić information content (AvgIpc) is 3.26. The lowest BCUT2D eigenvalue weighted by atomic mass is 9.99. The van der Waals surface area contributed by atoms with Gasteiger partial charge in [-0.25, -0.2) is 0 Å². The van der Waals surface area contributed by atoms with E-state index < -0.39 is 12.2 Å². The molecule has 0 aliphatic heterocycles. The van der Waals surface area contributed by atoms with Crippen molar-refractivity contribution in [2.24, 2.45) is 0 Å². The quantitative estimate of drug-likeness (QED) is 0.0557. The maximum atomic E-state index is 13.0. The number of hydrogen-bond acceptors (Lipinski definition) is 8. The standard InChI is InChI=1S/C51H52O8/c1-4-6-26-48(52)58-38(31-54-46-24-14-18-36-16-8-10-20-40(36)46)33-56-50-42-22-12-13-23-43(42)51(45-30-35(3)28-29-44(45)50)57-34-39(59-49(53)27-7-5-2)32-55-47-25-15-19-37-17-9-11-21-41(37)47/h8-25,28-30,38-39H,4-7,26-27,31-34H2,1-3H3. The summed E-state index contributed by atoms with van der Waals surface area (Å²) in [5.74, 6) is 2.14. The topological polar surface area (TPSA) is 89.5 Å². The third-order valence-corrected chi connectivity index (χ3v) is 10.3. The number of aryl methyl sites for hydroxylation is 1. The number of benzene rings is 7. The molecule has 0 fully saturated rings. The van der Waals surface area contributed by atoms with E-state index in [1.165, 1.54) is 0 Å². The van der Waals surface area contributed by atoms with E-state index in [-0.39, 0.29) is 38.4 Å². The molecule has 0 spiro atoms. The highest BCUT2D eigenvalue weighted by Gasteiger charge is 2.23. The number of rotatable bonds is 20. The third-order valence-electron chi connectivity index (χ3n) is 10.3. The minimum absolute atomic E-state index is 0.0666. The van der Waals surface area contributed by atoms with E-state index in [2.05, 4.69) is 6.07 Å². The summed E-state index contributed by atoms with van der Waals surface area (Å²) in [5.41, 5.74) is 1.04. The highest BCUT2D eigenvalue weighted by Crippen LogP contribution is 2.43. The van der Waals surface area contributed by atoms with Crippen LogP contribution in [0.3, 0.4) is 0 Å². The Morgan fingerprint density at radius 2 is 0.864 bits per heavy atom. The first-order valence-corrected chi connectivity index (χ1v) is 20.7. The molecule has 8 nitrogen and oxygen atoms in total. The van der Waals surface area contributed by atoms with Gasteiger partial charge >= 0.3 is 11.9 Å². The van der Waals surface area contributed by atoms with E-state index in [9.17, 15) is 9.59 Å². The summed E-state index contributed by atoms with van der Waals surface area (Å²) in [4.78, 5) is 26.0. The van der Waals surface area contributed by atoms with Crippen LogP contribution < -0.4 is 18.9 Å². The van der Waals surface area contributed by atoms with Crippen molar-refractivity contribution in [3.8, 4) is 23.0 Å². The van der Waals surface area contributed by atoms with Gasteiger partial charge in [-0.05, 0) is 48.7 Å². The van der Waals surface area contributed by atoms with E-state index >= 15 is 0 Å². The van der Waals surface area contributed by atoms with Crippen molar-refractivity contribution in [2.75, 3.05) is 26.4 Å². The Kier molecular flexibility index (Phi) is 13.8. The van der Waals surface area contributed by atoms with Crippen LogP contribution in [0.4, 0.5) is 0 Å². The molecule has 7 aromatic carbocycles. The predicted molar refractivity (Wildman–Crippen MR) is 235 cm³/mol. The molecule has 0 amide bonds. The summed E-state index contributed by atoms with van der Waals surface area (Å²) in [6.07, 6.45) is 2.51. The number of carbonyl (C=O) groups is 2. The second-order valence-electron chi connectivity index (χ2n) is 14.9. The van der Waals surface area contributed by atoms with E-state index in [1.807, 2.05) is 142 Å². The molecule has 0 saturated heterocycles. The molecule has 8 heteroatoms. The number of hydrogen-bond donors (Lipinski definition) is 0. The molecule has 7 aromatic rings. The summed E-state index contributed by atoms with van der Waals surface area (Å²) >= 11 is 0. The molecule has 0 heterocycles. The lowest BCUT2D eigenvalue weighted by Crippen LogP contribution is -2.31. The first-order valence-electron chi connectivity index (χ1n) is 20.7. The molecular weight excluding hydrogens is 741 g/mol. The summed E-state index contributed by atoms with van der Waals surface area (Å²) in [6.45, 7) is 6.48. The zero-order valence-corrected chi connectivity index (χ0v) is 34.1. The number of esters is 2. The zero-order chi connectivity index (χ0) is 41.0. The highest BCUT2D eigenvalue weighted by molar-refractivity contribution is 6.11. The predicted octanol–water partition coefficient (Wildman–Crippen LogP) is 11.7. The van der Waals surface area contributed by atoms with Crippen LogP contribution in [0.1, 0.15) is 57.9 Å². The van der Waals surface area contributed by atoms with Gasteiger partial charge in [-0.3, -0.25) is 9.59 Å². The van der Waals surface area contributed by atoms with Gasteiger partial charge in [-0.1, -0.05) is 141 Å². The summed E-state index contributed by atoms with van der Waals surface area (Å²) in [5, 5.41) is 7.41. The molecule has 304 valence electrons. The van der Waals surface area contributed by atoms with Gasteiger partial charge in [-0.2, -0.15) is 0 Å². The van der Waals surface area contributed by atoms with Crippen LogP contribution in [0, 0.1) is 6.92 Å². The molecule has 0 radical (unpaired) electrons. The number of fused-ring (bicyclic) bond motifs is 4. The summed E-state index contributed by atoms with van der Waals surface area (Å²) in [7, 11) is 0. The van der Waals surface area contributed by atoms with Gasteiger partial charge in [0.2, 0.25) is 0 Å². The molecule has 0 aromatic heterocycles. The van der Waals surface area contributed by atoms with E-state index in [0.717, 1.165) is 74.3 Å². The number of unbranched alkanes of at least 4 members (excludes halogenated alkanes) is 2. The minimum atomic E-state index is -0.683. The first kappa shape index (κ1) is 40.9. The van der Waals surface area contributed by atoms with Gasteiger partial charge in [0.25, 0.3) is 0 Å². The monoisotopic (exact) mass is 792 g/mol. The fraction of sp³-hybridized carbons (Fsp3) is 0.294. The maximum Gasteiger partial charge on any atom is 0.306 e. The maximum absolute atomic E-state index is 13.0. The smallest absolute Gasteiger partial charge is 0.306 e. The van der Waals surface area contributed by atoms with Gasteiger partial charge in [-0.15, -0.1) is 0 Å². The molecule has 7 rings (SSSR count). The Bertz CT molecular complexity index is 2520. The van der Waals surface area contributed by atoms with Crippen LogP contribution in [-0.4, -0.2) is 50.6 Å². The normalized spacial score (nSPS) is 12.3. The van der Waals surface area contributed by atoms with Gasteiger partial charge in [0.1, 0.15) is 49.4 Å². The van der Waals surface area contributed by atoms with Crippen LogP contribution in [-0.2, 0) is 19.1 Å². The van der Waals surface area contributed by atoms with Gasteiger partial charge < -0.3 is 28.4 Å². The van der Waals surface area contributed by atoms with Crippen molar-refractivity contribution in [3.05, 3.63) is 133 Å². The lowest BCUT2D eigenvalue weighted by Gasteiger charge is -2.23. The SMILES string of the molecule is CCCCC(=O)OC(COc1cccc2ccccc12)COc1c2ccccc2c(OCC(COc2cccc3ccccc23)OC(=O)CCCC)c2cc(C)ccc12. The van der Waals surface area contributed by atoms with Crippen LogP contribution in [0.15, 0.2) is 127 Å². The molecule has 59 heavy (non-hydrogen) atoms. The van der Waals surface area contributed by atoms with Crippen LogP contribution in [0.25, 0.3) is 43.1 Å². The summed E-state index contributed by atoms with van der Waals surface area (Å²) < 4.78 is 38.1. The van der Waals surface area contributed by atoms with Gasteiger partial charge in [0, 0.05) is 45.2 Å². The van der Waals surface area contributed by atoms with Crippen LogP contribution in [0.5, 0.6) is 23.0 Å². The molecule has 0 aliphatic carbocycles. The van der Waals surface area contributed by atoms with E-state index in [1.54, 1.807) is 0 Å². The van der Waals surface area contributed by atoms with E-state index in [4.69, 9.17) is 28.4 Å². The second-order valence-corrected chi connectivity index (χ2v) is 14.9. The molecule has 0 saturated carbocycles. The Labute approximate surface area is 345 Å². The van der Waals surface area contributed by atoms with Crippen LogP contribution in [0.2, 0.25) is 0 Å². The Morgan fingerprint density at radius 1 is 0.458 bits per heavy atom.